The Hall–Kier alpha value is 0.310. The van der Waals surface area contributed by atoms with Gasteiger partial charge in [-0.1, -0.05) is 45.4 Å². The first-order chi connectivity index (χ1) is 9.08. The Morgan fingerprint density at radius 3 is 2.05 bits per heavy atom. The molecule has 0 aliphatic heterocycles. The summed E-state index contributed by atoms with van der Waals surface area (Å²) in [7, 11) is 0. The molecular weight excluding hydrogens is 252 g/mol. The largest absolute Gasteiger partial charge is 0.376 e. The van der Waals surface area contributed by atoms with Crippen molar-refractivity contribution in [3.8, 4) is 0 Å². The molecule has 0 aromatic rings. The molecule has 0 N–H and O–H groups in total. The van der Waals surface area contributed by atoms with E-state index in [-0.39, 0.29) is 5.60 Å². The van der Waals surface area contributed by atoms with Crippen molar-refractivity contribution in [1.82, 2.24) is 0 Å². The zero-order valence-corrected chi connectivity index (χ0v) is 14.6. The first-order valence-electron chi connectivity index (χ1n) is 8.33. The summed E-state index contributed by atoms with van der Waals surface area (Å²) < 4.78 is 5.96. The fraction of sp³-hybridized carbons (Fsp3) is 1.00. The van der Waals surface area contributed by atoms with Crippen LogP contribution in [0.25, 0.3) is 0 Å². The van der Waals surface area contributed by atoms with Crippen LogP contribution in [0, 0.1) is 5.92 Å². The van der Waals surface area contributed by atoms with Crippen LogP contribution >= 0.6 is 12.6 Å². The first-order valence-corrected chi connectivity index (χ1v) is 8.96. The fourth-order valence-corrected chi connectivity index (χ4v) is 3.02. The maximum atomic E-state index is 5.96. The summed E-state index contributed by atoms with van der Waals surface area (Å²) >= 11 is 4.35. The molecule has 1 atom stereocenters. The number of thiol groups is 1. The lowest BCUT2D eigenvalue weighted by Crippen LogP contribution is -2.34. The van der Waals surface area contributed by atoms with Gasteiger partial charge in [0.25, 0.3) is 0 Å². The molecule has 116 valence electrons. The number of hydrogen-bond acceptors (Lipinski definition) is 2. The maximum Gasteiger partial charge on any atom is 0.0654 e. The minimum atomic E-state index is 0.0289. The Labute approximate surface area is 127 Å². The van der Waals surface area contributed by atoms with E-state index in [0.29, 0.717) is 5.92 Å². The Bertz CT molecular complexity index is 192. The van der Waals surface area contributed by atoms with Crippen LogP contribution in [0.4, 0.5) is 0 Å². The lowest BCUT2D eigenvalue weighted by Gasteiger charge is -2.34. The highest BCUT2D eigenvalue weighted by atomic mass is 32.1. The summed E-state index contributed by atoms with van der Waals surface area (Å²) in [5.74, 6) is 1.68. The van der Waals surface area contributed by atoms with Gasteiger partial charge in [0.2, 0.25) is 0 Å². The van der Waals surface area contributed by atoms with Crippen LogP contribution in [-0.2, 0) is 4.74 Å². The fourth-order valence-electron chi connectivity index (χ4n) is 2.84. The first kappa shape index (κ1) is 19.3. The van der Waals surface area contributed by atoms with Gasteiger partial charge >= 0.3 is 0 Å². The van der Waals surface area contributed by atoms with Gasteiger partial charge in [0.05, 0.1) is 5.60 Å². The molecule has 0 fully saturated rings. The SMILES string of the molecule is CCCCCCCCC(CCCS)C(C)(C)OCC. The van der Waals surface area contributed by atoms with Crippen LogP contribution in [0.5, 0.6) is 0 Å². The predicted molar refractivity (Wildman–Crippen MR) is 90.3 cm³/mol. The van der Waals surface area contributed by atoms with Crippen LogP contribution < -0.4 is 0 Å². The van der Waals surface area contributed by atoms with Crippen molar-refractivity contribution < 1.29 is 4.74 Å². The molecule has 0 radical (unpaired) electrons. The molecule has 1 nitrogen and oxygen atoms in total. The van der Waals surface area contributed by atoms with E-state index in [4.69, 9.17) is 4.74 Å². The molecule has 0 saturated carbocycles. The second kappa shape index (κ2) is 12.1. The van der Waals surface area contributed by atoms with Gasteiger partial charge in [-0.2, -0.15) is 12.6 Å². The smallest absolute Gasteiger partial charge is 0.0654 e. The van der Waals surface area contributed by atoms with Gasteiger partial charge in [-0.15, -0.1) is 0 Å². The molecule has 0 rings (SSSR count). The molecule has 0 aliphatic carbocycles. The van der Waals surface area contributed by atoms with Crippen LogP contribution in [0.1, 0.15) is 85.5 Å². The minimum Gasteiger partial charge on any atom is -0.376 e. The van der Waals surface area contributed by atoms with Gasteiger partial charge in [0, 0.05) is 6.61 Å². The van der Waals surface area contributed by atoms with Crippen LogP contribution in [0.15, 0.2) is 0 Å². The molecule has 0 aromatic heterocycles. The molecule has 2 heteroatoms. The molecule has 0 amide bonds. The normalized spacial score (nSPS) is 13.7. The van der Waals surface area contributed by atoms with Gasteiger partial charge in [0.15, 0.2) is 0 Å². The quantitative estimate of drug-likeness (QED) is 0.329. The molecule has 0 aromatic carbocycles. The standard InChI is InChI=1S/C17H36OS/c1-5-7-8-9-10-11-13-16(14-12-15-19)17(3,4)18-6-2/h16,19H,5-15H2,1-4H3. The Balaban J connectivity index is 3.98. The van der Waals surface area contributed by atoms with Gasteiger partial charge in [-0.05, 0) is 51.7 Å². The maximum absolute atomic E-state index is 5.96. The zero-order valence-electron chi connectivity index (χ0n) is 13.7. The highest BCUT2D eigenvalue weighted by Crippen LogP contribution is 2.30. The average molecular weight is 289 g/mol. The zero-order chi connectivity index (χ0) is 14.6. The number of rotatable bonds is 13. The monoisotopic (exact) mass is 288 g/mol. The van der Waals surface area contributed by atoms with Crippen molar-refractivity contribution in [2.45, 2.75) is 91.1 Å². The van der Waals surface area contributed by atoms with E-state index in [1.165, 1.54) is 57.8 Å². The van der Waals surface area contributed by atoms with E-state index in [2.05, 4.69) is 40.3 Å². The van der Waals surface area contributed by atoms with Gasteiger partial charge < -0.3 is 4.74 Å². The van der Waals surface area contributed by atoms with Gasteiger partial charge in [0.1, 0.15) is 0 Å². The van der Waals surface area contributed by atoms with Crippen molar-refractivity contribution in [2.24, 2.45) is 5.92 Å². The van der Waals surface area contributed by atoms with E-state index < -0.39 is 0 Å². The third kappa shape index (κ3) is 9.79. The number of ether oxygens (including phenoxy) is 1. The summed E-state index contributed by atoms with van der Waals surface area (Å²) in [5, 5.41) is 0. The minimum absolute atomic E-state index is 0.0289. The number of unbranched alkanes of at least 4 members (excludes halogenated alkanes) is 5. The highest BCUT2D eigenvalue weighted by Gasteiger charge is 2.28. The van der Waals surface area contributed by atoms with Crippen LogP contribution in [-0.4, -0.2) is 18.0 Å². The van der Waals surface area contributed by atoms with Gasteiger partial charge in [-0.3, -0.25) is 0 Å². The Morgan fingerprint density at radius 1 is 0.895 bits per heavy atom. The third-order valence-electron chi connectivity index (χ3n) is 4.12. The average Bonchev–Trinajstić information content (AvgIpc) is 2.36. The molecule has 0 spiro atoms. The molecule has 0 bridgehead atoms. The van der Waals surface area contributed by atoms with E-state index in [1.54, 1.807) is 0 Å². The summed E-state index contributed by atoms with van der Waals surface area (Å²) in [6, 6.07) is 0. The molecular formula is C17H36OS. The van der Waals surface area contributed by atoms with Crippen molar-refractivity contribution >= 4 is 12.6 Å². The van der Waals surface area contributed by atoms with E-state index >= 15 is 0 Å². The lowest BCUT2D eigenvalue weighted by molar-refractivity contribution is -0.0600. The van der Waals surface area contributed by atoms with Crippen LogP contribution in [0.2, 0.25) is 0 Å². The van der Waals surface area contributed by atoms with Crippen molar-refractivity contribution in [3.05, 3.63) is 0 Å². The molecule has 0 heterocycles. The Kier molecular flexibility index (Phi) is 12.3. The predicted octanol–water partition coefficient (Wildman–Crippen LogP) is 5.88. The summed E-state index contributed by atoms with van der Waals surface area (Å²) in [6.07, 6.45) is 12.1. The molecule has 1 unspecified atom stereocenters. The summed E-state index contributed by atoms with van der Waals surface area (Å²) in [6.45, 7) is 9.72. The van der Waals surface area contributed by atoms with Crippen molar-refractivity contribution in [3.63, 3.8) is 0 Å². The molecule has 0 aliphatic rings. The molecule has 0 saturated heterocycles. The topological polar surface area (TPSA) is 9.23 Å². The second-order valence-electron chi connectivity index (χ2n) is 6.16. The second-order valence-corrected chi connectivity index (χ2v) is 6.60. The number of hydrogen-bond donors (Lipinski definition) is 1. The summed E-state index contributed by atoms with van der Waals surface area (Å²) in [4.78, 5) is 0. The van der Waals surface area contributed by atoms with Crippen LogP contribution in [0.3, 0.4) is 0 Å². The summed E-state index contributed by atoms with van der Waals surface area (Å²) in [5.41, 5.74) is 0.0289. The van der Waals surface area contributed by atoms with E-state index in [0.717, 1.165) is 12.4 Å². The van der Waals surface area contributed by atoms with Gasteiger partial charge in [-0.25, -0.2) is 0 Å². The van der Waals surface area contributed by atoms with Crippen molar-refractivity contribution in [2.75, 3.05) is 12.4 Å². The Morgan fingerprint density at radius 2 is 1.47 bits per heavy atom. The lowest BCUT2D eigenvalue weighted by atomic mass is 9.83. The molecule has 19 heavy (non-hydrogen) atoms. The van der Waals surface area contributed by atoms with E-state index in [1.807, 2.05) is 0 Å². The van der Waals surface area contributed by atoms with Crippen molar-refractivity contribution in [1.29, 1.82) is 0 Å². The van der Waals surface area contributed by atoms with E-state index in [9.17, 15) is 0 Å². The third-order valence-corrected chi connectivity index (χ3v) is 4.43. The highest BCUT2D eigenvalue weighted by molar-refractivity contribution is 7.80.